The summed E-state index contributed by atoms with van der Waals surface area (Å²) in [5, 5.41) is 4.04. The molecule has 0 saturated heterocycles. The average molecular weight is 334 g/mol. The van der Waals surface area contributed by atoms with E-state index >= 15 is 0 Å². The smallest absolute Gasteiger partial charge is 0.142 e. The highest BCUT2D eigenvalue weighted by Crippen LogP contribution is 2.31. The quantitative estimate of drug-likeness (QED) is 0.568. The number of pyridine rings is 1. The van der Waals surface area contributed by atoms with Crippen molar-refractivity contribution >= 4 is 11.0 Å². The van der Waals surface area contributed by atoms with Gasteiger partial charge in [0.05, 0.1) is 30.0 Å². The molecule has 1 aromatic carbocycles. The fraction of sp³-hybridized carbons (Fsp3) is 0.211. The Kier molecular flexibility index (Phi) is 3.53. The van der Waals surface area contributed by atoms with Crippen molar-refractivity contribution in [3.05, 3.63) is 48.1 Å². The SMILES string of the molecule is COc1cncc(-c2nc3cc(-c4c(C)noc4C)ccc3n2C)c1. The number of imidazole rings is 1. The zero-order chi connectivity index (χ0) is 17.6. The highest BCUT2D eigenvalue weighted by molar-refractivity contribution is 5.86. The van der Waals surface area contributed by atoms with Crippen molar-refractivity contribution in [1.82, 2.24) is 19.7 Å². The second kappa shape index (κ2) is 5.73. The van der Waals surface area contributed by atoms with Gasteiger partial charge in [0, 0.05) is 24.4 Å². The minimum Gasteiger partial charge on any atom is -0.495 e. The second-order valence-corrected chi connectivity index (χ2v) is 6.01. The monoisotopic (exact) mass is 334 g/mol. The van der Waals surface area contributed by atoms with Crippen LogP contribution in [0.25, 0.3) is 33.5 Å². The van der Waals surface area contributed by atoms with Crippen molar-refractivity contribution in [3.63, 3.8) is 0 Å². The first kappa shape index (κ1) is 15.4. The van der Waals surface area contributed by atoms with Crippen molar-refractivity contribution in [1.29, 1.82) is 0 Å². The van der Waals surface area contributed by atoms with Crippen molar-refractivity contribution in [2.75, 3.05) is 7.11 Å². The summed E-state index contributed by atoms with van der Waals surface area (Å²) < 4.78 is 12.6. The molecule has 0 atom stereocenters. The van der Waals surface area contributed by atoms with E-state index < -0.39 is 0 Å². The molecule has 6 heteroatoms. The fourth-order valence-electron chi connectivity index (χ4n) is 3.16. The van der Waals surface area contributed by atoms with E-state index in [1.165, 1.54) is 0 Å². The van der Waals surface area contributed by atoms with Gasteiger partial charge < -0.3 is 13.8 Å². The van der Waals surface area contributed by atoms with Crippen molar-refractivity contribution < 1.29 is 9.26 Å². The van der Waals surface area contributed by atoms with E-state index in [2.05, 4.69) is 32.9 Å². The Bertz CT molecular complexity index is 1060. The van der Waals surface area contributed by atoms with Crippen LogP contribution < -0.4 is 4.74 Å². The Morgan fingerprint density at radius 3 is 2.64 bits per heavy atom. The predicted molar refractivity (Wildman–Crippen MR) is 95.5 cm³/mol. The number of aryl methyl sites for hydroxylation is 3. The number of hydrogen-bond acceptors (Lipinski definition) is 5. The van der Waals surface area contributed by atoms with Gasteiger partial charge in [-0.3, -0.25) is 4.98 Å². The van der Waals surface area contributed by atoms with Crippen LogP contribution in [0.4, 0.5) is 0 Å². The molecule has 0 saturated carbocycles. The maximum Gasteiger partial charge on any atom is 0.142 e. The van der Waals surface area contributed by atoms with Gasteiger partial charge in [-0.15, -0.1) is 0 Å². The molecule has 3 aromatic heterocycles. The molecule has 0 radical (unpaired) electrons. The topological polar surface area (TPSA) is 66.0 Å². The van der Waals surface area contributed by atoms with E-state index in [0.29, 0.717) is 5.75 Å². The lowest BCUT2D eigenvalue weighted by atomic mass is 10.0. The molecular weight excluding hydrogens is 316 g/mol. The van der Waals surface area contributed by atoms with Crippen LogP contribution in [-0.2, 0) is 7.05 Å². The van der Waals surface area contributed by atoms with Crippen molar-refractivity contribution in [3.8, 4) is 28.3 Å². The van der Waals surface area contributed by atoms with Gasteiger partial charge in [-0.25, -0.2) is 4.98 Å². The molecule has 4 aromatic rings. The molecule has 0 fully saturated rings. The van der Waals surface area contributed by atoms with Crippen LogP contribution in [0, 0.1) is 13.8 Å². The molecule has 25 heavy (non-hydrogen) atoms. The van der Waals surface area contributed by atoms with Gasteiger partial charge in [-0.1, -0.05) is 11.2 Å². The summed E-state index contributed by atoms with van der Waals surface area (Å²) in [6.45, 7) is 3.87. The number of aromatic nitrogens is 4. The number of fused-ring (bicyclic) bond motifs is 1. The van der Waals surface area contributed by atoms with Gasteiger partial charge in [-0.05, 0) is 37.6 Å². The third-order valence-corrected chi connectivity index (χ3v) is 4.41. The molecule has 0 N–H and O–H groups in total. The highest BCUT2D eigenvalue weighted by Gasteiger charge is 2.15. The molecular formula is C19H18N4O2. The van der Waals surface area contributed by atoms with Crippen molar-refractivity contribution in [2.45, 2.75) is 13.8 Å². The highest BCUT2D eigenvalue weighted by atomic mass is 16.5. The molecule has 0 spiro atoms. The molecule has 126 valence electrons. The van der Waals surface area contributed by atoms with Gasteiger partial charge in [-0.2, -0.15) is 0 Å². The summed E-state index contributed by atoms with van der Waals surface area (Å²) >= 11 is 0. The van der Waals surface area contributed by atoms with Gasteiger partial charge >= 0.3 is 0 Å². The third kappa shape index (κ3) is 2.46. The van der Waals surface area contributed by atoms with Crippen LogP contribution in [0.2, 0.25) is 0 Å². The van der Waals surface area contributed by atoms with Crippen LogP contribution in [0.3, 0.4) is 0 Å². The molecule has 6 nitrogen and oxygen atoms in total. The van der Waals surface area contributed by atoms with Crippen LogP contribution in [0.5, 0.6) is 5.75 Å². The van der Waals surface area contributed by atoms with Gasteiger partial charge in [0.15, 0.2) is 0 Å². The Morgan fingerprint density at radius 1 is 1.08 bits per heavy atom. The van der Waals surface area contributed by atoms with Gasteiger partial charge in [0.2, 0.25) is 0 Å². The van der Waals surface area contributed by atoms with E-state index in [0.717, 1.165) is 45.0 Å². The van der Waals surface area contributed by atoms with Crippen LogP contribution in [-0.4, -0.2) is 26.8 Å². The zero-order valence-corrected chi connectivity index (χ0v) is 14.6. The van der Waals surface area contributed by atoms with Gasteiger partial charge in [0.1, 0.15) is 17.3 Å². The number of benzene rings is 1. The first-order valence-corrected chi connectivity index (χ1v) is 7.97. The summed E-state index contributed by atoms with van der Waals surface area (Å²) in [6, 6.07) is 8.15. The van der Waals surface area contributed by atoms with E-state index in [1.807, 2.05) is 27.0 Å². The Hall–Kier alpha value is -3.15. The fourth-order valence-corrected chi connectivity index (χ4v) is 3.16. The Labute approximate surface area is 145 Å². The normalized spacial score (nSPS) is 11.2. The number of methoxy groups -OCH3 is 1. The van der Waals surface area contributed by atoms with E-state index in [4.69, 9.17) is 14.2 Å². The lowest BCUT2D eigenvalue weighted by Gasteiger charge is -2.04. The maximum absolute atomic E-state index is 5.29. The number of nitrogens with zero attached hydrogens (tertiary/aromatic N) is 4. The van der Waals surface area contributed by atoms with E-state index in [-0.39, 0.29) is 0 Å². The van der Waals surface area contributed by atoms with Crippen LogP contribution in [0.15, 0.2) is 41.2 Å². The number of rotatable bonds is 3. The summed E-state index contributed by atoms with van der Waals surface area (Å²) in [4.78, 5) is 9.03. The molecule has 0 aliphatic heterocycles. The molecule has 0 bridgehead atoms. The van der Waals surface area contributed by atoms with Gasteiger partial charge in [0.25, 0.3) is 0 Å². The minimum absolute atomic E-state index is 0.709. The lowest BCUT2D eigenvalue weighted by molar-refractivity contribution is 0.393. The number of hydrogen-bond donors (Lipinski definition) is 0. The Morgan fingerprint density at radius 2 is 1.92 bits per heavy atom. The third-order valence-electron chi connectivity index (χ3n) is 4.41. The lowest BCUT2D eigenvalue weighted by Crippen LogP contribution is -1.94. The van der Waals surface area contributed by atoms with Crippen molar-refractivity contribution in [2.24, 2.45) is 7.05 Å². The van der Waals surface area contributed by atoms with Crippen LogP contribution >= 0.6 is 0 Å². The first-order chi connectivity index (χ1) is 12.1. The molecule has 3 heterocycles. The summed E-state index contributed by atoms with van der Waals surface area (Å²) in [6.07, 6.45) is 3.47. The summed E-state index contributed by atoms with van der Waals surface area (Å²) in [5.41, 5.74) is 5.84. The van der Waals surface area contributed by atoms with E-state index in [9.17, 15) is 0 Å². The minimum atomic E-state index is 0.709. The maximum atomic E-state index is 5.29. The zero-order valence-electron chi connectivity index (χ0n) is 14.6. The van der Waals surface area contributed by atoms with E-state index in [1.54, 1.807) is 19.5 Å². The summed E-state index contributed by atoms with van der Waals surface area (Å²) in [7, 11) is 3.63. The second-order valence-electron chi connectivity index (χ2n) is 6.01. The first-order valence-electron chi connectivity index (χ1n) is 7.97. The average Bonchev–Trinajstić information content (AvgIpc) is 3.14. The summed E-state index contributed by atoms with van der Waals surface area (Å²) in [5.74, 6) is 2.36. The molecule has 0 aliphatic rings. The molecule has 0 amide bonds. The standard InChI is InChI=1S/C19H18N4O2/c1-11-18(12(2)25-22-11)13-5-6-17-16(8-13)21-19(23(17)3)14-7-15(24-4)10-20-9-14/h5-10H,1-4H3. The molecule has 0 unspecified atom stereocenters. The van der Waals surface area contributed by atoms with Crippen LogP contribution in [0.1, 0.15) is 11.5 Å². The molecule has 0 aliphatic carbocycles. The number of ether oxygens (including phenoxy) is 1. The predicted octanol–water partition coefficient (Wildman–Crippen LogP) is 3.92. The molecule has 4 rings (SSSR count). The largest absolute Gasteiger partial charge is 0.495 e. The Balaban J connectivity index is 1.87.